The van der Waals surface area contributed by atoms with E-state index in [1.165, 1.54) is 5.56 Å². The Balaban J connectivity index is 2.11. The first kappa shape index (κ1) is 17.1. The Hall–Kier alpha value is -2.29. The Morgan fingerprint density at radius 2 is 1.48 bits per heavy atom. The molecule has 2 aromatic carbocycles. The third kappa shape index (κ3) is 4.35. The fourth-order valence-electron chi connectivity index (χ4n) is 2.66. The number of nitrogens with one attached hydrogen (secondary N) is 1. The molecule has 0 fully saturated rings. The predicted molar refractivity (Wildman–Crippen MR) is 95.3 cm³/mol. The Kier molecular flexibility index (Phi) is 5.09. The summed E-state index contributed by atoms with van der Waals surface area (Å²) < 4.78 is 5.89. The maximum Gasteiger partial charge on any atom is 0.265 e. The molecule has 0 spiro atoms. The minimum Gasteiger partial charge on any atom is -0.481 e. The SMILES string of the molecule is Cc1cc(C)cc(NC(=O)[C@H](C)Oc2cc(C)cc(C)c2C)c1. The second kappa shape index (κ2) is 6.86. The lowest BCUT2D eigenvalue weighted by atomic mass is 10.1. The van der Waals surface area contributed by atoms with Crippen LogP contribution in [-0.4, -0.2) is 12.0 Å². The number of rotatable bonds is 4. The molecule has 0 aromatic heterocycles. The summed E-state index contributed by atoms with van der Waals surface area (Å²) in [5.41, 5.74) is 6.42. The van der Waals surface area contributed by atoms with Crippen LogP contribution >= 0.6 is 0 Å². The van der Waals surface area contributed by atoms with Crippen LogP contribution in [0.2, 0.25) is 0 Å². The van der Waals surface area contributed by atoms with Crippen molar-refractivity contribution < 1.29 is 9.53 Å². The van der Waals surface area contributed by atoms with Gasteiger partial charge in [-0.2, -0.15) is 0 Å². The summed E-state index contributed by atoms with van der Waals surface area (Å²) in [6.07, 6.45) is -0.560. The lowest BCUT2D eigenvalue weighted by molar-refractivity contribution is -0.122. The lowest BCUT2D eigenvalue weighted by Gasteiger charge is -2.18. The van der Waals surface area contributed by atoms with Crippen molar-refractivity contribution in [1.82, 2.24) is 0 Å². The van der Waals surface area contributed by atoms with E-state index in [0.717, 1.165) is 33.7 Å². The van der Waals surface area contributed by atoms with Crippen LogP contribution in [0.4, 0.5) is 5.69 Å². The number of amides is 1. The average molecular weight is 311 g/mol. The first-order valence-corrected chi connectivity index (χ1v) is 7.90. The van der Waals surface area contributed by atoms with Crippen LogP contribution in [-0.2, 0) is 4.79 Å². The lowest BCUT2D eigenvalue weighted by Crippen LogP contribution is -2.30. The molecule has 0 saturated heterocycles. The summed E-state index contributed by atoms with van der Waals surface area (Å²) in [6.45, 7) is 11.9. The smallest absolute Gasteiger partial charge is 0.265 e. The highest BCUT2D eigenvalue weighted by Gasteiger charge is 2.17. The molecule has 1 atom stereocenters. The van der Waals surface area contributed by atoms with Crippen molar-refractivity contribution >= 4 is 11.6 Å². The standard InChI is InChI=1S/C20H25NO2/c1-12-7-13(2)10-18(9-12)21-20(22)17(6)23-19-11-14(3)8-15(4)16(19)5/h7-11,17H,1-6H3,(H,21,22)/t17-/m0/s1. The van der Waals surface area contributed by atoms with Gasteiger partial charge in [-0.3, -0.25) is 4.79 Å². The molecule has 0 aliphatic rings. The second-order valence-electron chi connectivity index (χ2n) is 6.33. The largest absolute Gasteiger partial charge is 0.481 e. The van der Waals surface area contributed by atoms with Crippen LogP contribution in [0.15, 0.2) is 30.3 Å². The van der Waals surface area contributed by atoms with E-state index in [0.29, 0.717) is 0 Å². The van der Waals surface area contributed by atoms with Gasteiger partial charge in [0.2, 0.25) is 0 Å². The van der Waals surface area contributed by atoms with Crippen LogP contribution in [0, 0.1) is 34.6 Å². The molecule has 0 aliphatic carbocycles. The molecule has 0 saturated carbocycles. The van der Waals surface area contributed by atoms with Gasteiger partial charge < -0.3 is 10.1 Å². The van der Waals surface area contributed by atoms with Crippen molar-refractivity contribution in [2.45, 2.75) is 47.6 Å². The summed E-state index contributed by atoms with van der Waals surface area (Å²) in [6, 6.07) is 10.1. The Bertz CT molecular complexity index is 714. The van der Waals surface area contributed by atoms with E-state index < -0.39 is 6.10 Å². The van der Waals surface area contributed by atoms with Crippen LogP contribution < -0.4 is 10.1 Å². The van der Waals surface area contributed by atoms with Gasteiger partial charge in [0, 0.05) is 5.69 Å². The number of aryl methyl sites for hydroxylation is 4. The summed E-state index contributed by atoms with van der Waals surface area (Å²) >= 11 is 0. The number of anilines is 1. The van der Waals surface area contributed by atoms with Crippen molar-refractivity contribution in [3.63, 3.8) is 0 Å². The van der Waals surface area contributed by atoms with Gasteiger partial charge in [0.05, 0.1) is 0 Å². The maximum atomic E-state index is 12.4. The molecule has 1 amide bonds. The number of carbonyl (C=O) groups excluding carboxylic acids is 1. The van der Waals surface area contributed by atoms with Crippen LogP contribution in [0.1, 0.15) is 34.7 Å². The zero-order valence-corrected chi connectivity index (χ0v) is 14.8. The Labute approximate surface area is 138 Å². The minimum absolute atomic E-state index is 0.145. The predicted octanol–water partition coefficient (Wildman–Crippen LogP) is 4.63. The zero-order valence-electron chi connectivity index (χ0n) is 14.8. The van der Waals surface area contributed by atoms with E-state index in [-0.39, 0.29) is 5.91 Å². The molecule has 23 heavy (non-hydrogen) atoms. The van der Waals surface area contributed by atoms with Crippen molar-refractivity contribution in [1.29, 1.82) is 0 Å². The maximum absolute atomic E-state index is 12.4. The molecule has 3 heteroatoms. The molecule has 0 heterocycles. The van der Waals surface area contributed by atoms with E-state index in [2.05, 4.69) is 24.4 Å². The van der Waals surface area contributed by atoms with E-state index >= 15 is 0 Å². The van der Waals surface area contributed by atoms with Gasteiger partial charge in [-0.15, -0.1) is 0 Å². The molecular weight excluding hydrogens is 286 g/mol. The summed E-state index contributed by atoms with van der Waals surface area (Å²) in [4.78, 5) is 12.4. The van der Waals surface area contributed by atoms with Crippen LogP contribution in [0.3, 0.4) is 0 Å². The molecule has 0 bridgehead atoms. The highest BCUT2D eigenvalue weighted by molar-refractivity contribution is 5.94. The third-order valence-corrected chi connectivity index (χ3v) is 3.93. The number of benzene rings is 2. The van der Waals surface area contributed by atoms with Gasteiger partial charge in [-0.05, 0) is 87.6 Å². The minimum atomic E-state index is -0.560. The van der Waals surface area contributed by atoms with E-state index in [9.17, 15) is 4.79 Å². The fourth-order valence-corrected chi connectivity index (χ4v) is 2.66. The van der Waals surface area contributed by atoms with Crippen molar-refractivity contribution in [3.8, 4) is 5.75 Å². The topological polar surface area (TPSA) is 38.3 Å². The van der Waals surface area contributed by atoms with Crippen LogP contribution in [0.5, 0.6) is 5.75 Å². The molecule has 0 aliphatic heterocycles. The molecule has 122 valence electrons. The first-order valence-electron chi connectivity index (χ1n) is 7.90. The van der Waals surface area contributed by atoms with Gasteiger partial charge in [0.15, 0.2) is 6.10 Å². The molecule has 1 N–H and O–H groups in total. The molecule has 3 nitrogen and oxygen atoms in total. The van der Waals surface area contributed by atoms with E-state index in [1.807, 2.05) is 45.9 Å². The first-order chi connectivity index (χ1) is 10.8. The normalized spacial score (nSPS) is 11.9. The molecular formula is C20H25NO2. The van der Waals surface area contributed by atoms with Crippen LogP contribution in [0.25, 0.3) is 0 Å². The molecule has 2 rings (SSSR count). The van der Waals surface area contributed by atoms with Gasteiger partial charge >= 0.3 is 0 Å². The third-order valence-electron chi connectivity index (χ3n) is 3.93. The molecule has 0 unspecified atom stereocenters. The Morgan fingerprint density at radius 3 is 2.09 bits per heavy atom. The van der Waals surface area contributed by atoms with Crippen molar-refractivity contribution in [3.05, 3.63) is 58.1 Å². The van der Waals surface area contributed by atoms with Gasteiger partial charge in [-0.25, -0.2) is 0 Å². The summed E-state index contributed by atoms with van der Waals surface area (Å²) in [5, 5.41) is 2.93. The highest BCUT2D eigenvalue weighted by Crippen LogP contribution is 2.24. The van der Waals surface area contributed by atoms with Gasteiger partial charge in [0.1, 0.15) is 5.75 Å². The highest BCUT2D eigenvalue weighted by atomic mass is 16.5. The monoisotopic (exact) mass is 311 g/mol. The zero-order chi connectivity index (χ0) is 17.1. The number of carbonyl (C=O) groups is 1. The van der Waals surface area contributed by atoms with Gasteiger partial charge in [-0.1, -0.05) is 12.1 Å². The Morgan fingerprint density at radius 1 is 0.913 bits per heavy atom. The molecule has 2 aromatic rings. The number of hydrogen-bond acceptors (Lipinski definition) is 2. The van der Waals surface area contributed by atoms with E-state index in [4.69, 9.17) is 4.74 Å². The van der Waals surface area contributed by atoms with Crippen molar-refractivity contribution in [2.75, 3.05) is 5.32 Å². The summed E-state index contributed by atoms with van der Waals surface area (Å²) in [7, 11) is 0. The fraction of sp³-hybridized carbons (Fsp3) is 0.350. The van der Waals surface area contributed by atoms with Crippen molar-refractivity contribution in [2.24, 2.45) is 0 Å². The summed E-state index contributed by atoms with van der Waals surface area (Å²) in [5.74, 6) is 0.624. The van der Waals surface area contributed by atoms with Gasteiger partial charge in [0.25, 0.3) is 5.91 Å². The number of ether oxygens (including phenoxy) is 1. The quantitative estimate of drug-likeness (QED) is 0.893. The van der Waals surface area contributed by atoms with E-state index in [1.54, 1.807) is 6.92 Å². The molecule has 0 radical (unpaired) electrons. The average Bonchev–Trinajstić information content (AvgIpc) is 2.42. The number of hydrogen-bond donors (Lipinski definition) is 1. The second-order valence-corrected chi connectivity index (χ2v) is 6.33.